The van der Waals surface area contributed by atoms with Crippen molar-refractivity contribution in [3.8, 4) is 0 Å². The van der Waals surface area contributed by atoms with Crippen LogP contribution in [0.5, 0.6) is 0 Å². The maximum absolute atomic E-state index is 2.52. The van der Waals surface area contributed by atoms with Gasteiger partial charge in [0.15, 0.2) is 0 Å². The average Bonchev–Trinajstić information content (AvgIpc) is 2.17. The van der Waals surface area contributed by atoms with Gasteiger partial charge in [-0.25, -0.2) is 0 Å². The van der Waals surface area contributed by atoms with Gasteiger partial charge in [0.25, 0.3) is 0 Å². The van der Waals surface area contributed by atoms with Crippen molar-refractivity contribution in [2.24, 2.45) is 5.92 Å². The van der Waals surface area contributed by atoms with Crippen LogP contribution in [0.15, 0.2) is 11.6 Å². The molecular weight excluding hydrogens is 144 g/mol. The summed E-state index contributed by atoms with van der Waals surface area (Å²) in [4.78, 5) is 0. The molecule has 1 saturated carbocycles. The van der Waals surface area contributed by atoms with E-state index in [1.807, 2.05) is 0 Å². The lowest BCUT2D eigenvalue weighted by Gasteiger charge is -2.21. The Morgan fingerprint density at radius 3 is 2.92 bits per heavy atom. The molecule has 1 fully saturated rings. The summed E-state index contributed by atoms with van der Waals surface area (Å²) in [6.45, 7) is 0. The van der Waals surface area contributed by atoms with E-state index in [-0.39, 0.29) is 0 Å². The Hall–Kier alpha value is -0.260. The molecule has 0 nitrogen and oxygen atoms in total. The van der Waals surface area contributed by atoms with E-state index in [0.29, 0.717) is 0 Å². The number of hydrogen-bond acceptors (Lipinski definition) is 0. The zero-order valence-electron chi connectivity index (χ0n) is 8.02. The summed E-state index contributed by atoms with van der Waals surface area (Å²) >= 11 is 0. The Morgan fingerprint density at radius 1 is 1.00 bits per heavy atom. The lowest BCUT2D eigenvalue weighted by atomic mass is 9.85. The van der Waals surface area contributed by atoms with Gasteiger partial charge in [0.1, 0.15) is 0 Å². The summed E-state index contributed by atoms with van der Waals surface area (Å²) in [5.41, 5.74) is 1.79. The van der Waals surface area contributed by atoms with Gasteiger partial charge in [0.05, 0.1) is 0 Å². The van der Waals surface area contributed by atoms with E-state index in [1.54, 1.807) is 5.57 Å². The van der Waals surface area contributed by atoms with Crippen LogP contribution < -0.4 is 0 Å². The maximum atomic E-state index is 2.52. The molecule has 68 valence electrons. The molecule has 0 aromatic carbocycles. The lowest BCUT2D eigenvalue weighted by molar-refractivity contribution is 0.418. The minimum absolute atomic E-state index is 1.06. The number of allylic oxidation sites excluding steroid dienone is 2. The Morgan fingerprint density at radius 2 is 1.92 bits per heavy atom. The topological polar surface area (TPSA) is 0 Å². The van der Waals surface area contributed by atoms with Crippen LogP contribution in [0.1, 0.15) is 57.8 Å². The molecule has 2 aliphatic rings. The number of fused-ring (bicyclic) bond motifs is 2. The normalized spacial score (nSPS) is 31.3. The maximum Gasteiger partial charge on any atom is -0.0292 e. The highest BCUT2D eigenvalue weighted by Crippen LogP contribution is 2.32. The molecule has 0 saturated heterocycles. The van der Waals surface area contributed by atoms with E-state index in [0.717, 1.165) is 5.92 Å². The summed E-state index contributed by atoms with van der Waals surface area (Å²) in [7, 11) is 0. The van der Waals surface area contributed by atoms with Crippen molar-refractivity contribution in [2.45, 2.75) is 57.8 Å². The first kappa shape index (κ1) is 8.34. The van der Waals surface area contributed by atoms with Crippen LogP contribution in [0, 0.1) is 5.92 Å². The molecule has 2 aliphatic carbocycles. The molecule has 2 rings (SSSR count). The van der Waals surface area contributed by atoms with E-state index in [4.69, 9.17) is 0 Å². The van der Waals surface area contributed by atoms with Crippen molar-refractivity contribution >= 4 is 0 Å². The molecule has 0 heterocycles. The van der Waals surface area contributed by atoms with Crippen molar-refractivity contribution in [1.82, 2.24) is 0 Å². The van der Waals surface area contributed by atoms with Crippen LogP contribution in [0.3, 0.4) is 0 Å². The highest BCUT2D eigenvalue weighted by molar-refractivity contribution is 5.07. The molecule has 12 heavy (non-hydrogen) atoms. The van der Waals surface area contributed by atoms with E-state index in [2.05, 4.69) is 6.08 Å². The second-order valence-corrected chi connectivity index (χ2v) is 4.46. The Kier molecular flexibility index (Phi) is 2.86. The summed E-state index contributed by atoms with van der Waals surface area (Å²) < 4.78 is 0. The first-order valence-corrected chi connectivity index (χ1v) is 5.63. The molecule has 0 aliphatic heterocycles. The third-order valence-electron chi connectivity index (χ3n) is 3.42. The average molecular weight is 164 g/mol. The Balaban J connectivity index is 1.98. The van der Waals surface area contributed by atoms with Gasteiger partial charge in [-0.05, 0) is 38.0 Å². The van der Waals surface area contributed by atoms with Crippen LogP contribution in [-0.2, 0) is 0 Å². The van der Waals surface area contributed by atoms with Gasteiger partial charge in [0, 0.05) is 0 Å². The van der Waals surface area contributed by atoms with Gasteiger partial charge in [-0.15, -0.1) is 0 Å². The molecule has 0 amide bonds. The summed E-state index contributed by atoms with van der Waals surface area (Å²) in [5.74, 6) is 1.06. The lowest BCUT2D eigenvalue weighted by Crippen LogP contribution is -2.05. The van der Waals surface area contributed by atoms with E-state index >= 15 is 0 Å². The predicted octanol–water partition coefficient (Wildman–Crippen LogP) is 4.07. The monoisotopic (exact) mass is 164 g/mol. The largest absolute Gasteiger partial charge is 0.0853 e. The minimum atomic E-state index is 1.06. The Labute approximate surface area is 76.1 Å². The van der Waals surface area contributed by atoms with E-state index in [9.17, 15) is 0 Å². The van der Waals surface area contributed by atoms with Crippen LogP contribution in [0.4, 0.5) is 0 Å². The van der Waals surface area contributed by atoms with Crippen molar-refractivity contribution in [3.05, 3.63) is 11.6 Å². The highest BCUT2D eigenvalue weighted by Gasteiger charge is 2.15. The number of hydrogen-bond donors (Lipinski definition) is 0. The SMILES string of the molecule is C1=C2CCCCCCC(CC1)C2. The van der Waals surface area contributed by atoms with Gasteiger partial charge in [0.2, 0.25) is 0 Å². The fraction of sp³-hybridized carbons (Fsp3) is 0.833. The van der Waals surface area contributed by atoms with Crippen molar-refractivity contribution < 1.29 is 0 Å². The molecule has 0 aromatic rings. The quantitative estimate of drug-likeness (QED) is 0.473. The summed E-state index contributed by atoms with van der Waals surface area (Å²) in [5, 5.41) is 0. The van der Waals surface area contributed by atoms with Gasteiger partial charge >= 0.3 is 0 Å². The Bertz CT molecular complexity index is 167. The predicted molar refractivity (Wildman–Crippen MR) is 53.1 cm³/mol. The van der Waals surface area contributed by atoms with Gasteiger partial charge in [-0.3, -0.25) is 0 Å². The molecule has 0 N–H and O–H groups in total. The third-order valence-corrected chi connectivity index (χ3v) is 3.42. The minimum Gasteiger partial charge on any atom is -0.0853 e. The van der Waals surface area contributed by atoms with E-state index < -0.39 is 0 Å². The fourth-order valence-corrected chi connectivity index (χ4v) is 2.67. The molecule has 1 atom stereocenters. The van der Waals surface area contributed by atoms with Gasteiger partial charge in [-0.1, -0.05) is 37.3 Å². The third kappa shape index (κ3) is 2.12. The molecule has 0 aromatic heterocycles. The smallest absolute Gasteiger partial charge is 0.0292 e. The van der Waals surface area contributed by atoms with Crippen molar-refractivity contribution in [1.29, 1.82) is 0 Å². The van der Waals surface area contributed by atoms with Crippen LogP contribution >= 0.6 is 0 Å². The molecule has 2 bridgehead atoms. The zero-order valence-corrected chi connectivity index (χ0v) is 8.02. The second-order valence-electron chi connectivity index (χ2n) is 4.46. The first-order chi connectivity index (χ1) is 5.95. The van der Waals surface area contributed by atoms with Crippen molar-refractivity contribution in [2.75, 3.05) is 0 Å². The van der Waals surface area contributed by atoms with Gasteiger partial charge < -0.3 is 0 Å². The molecular formula is C12H20. The summed E-state index contributed by atoms with van der Waals surface area (Å²) in [6, 6.07) is 0. The number of rotatable bonds is 0. The standard InChI is InChI=1S/C12H20/c1-2-4-7-12-9-5-8-11(10-12)6-3-1/h8,12H,1-7,9-10H2. The van der Waals surface area contributed by atoms with Crippen LogP contribution in [0.2, 0.25) is 0 Å². The summed E-state index contributed by atoms with van der Waals surface area (Å²) in [6.07, 6.45) is 15.7. The van der Waals surface area contributed by atoms with Gasteiger partial charge in [-0.2, -0.15) is 0 Å². The first-order valence-electron chi connectivity index (χ1n) is 5.63. The molecule has 1 unspecified atom stereocenters. The van der Waals surface area contributed by atoms with Crippen molar-refractivity contribution in [3.63, 3.8) is 0 Å². The van der Waals surface area contributed by atoms with Crippen LogP contribution in [0.25, 0.3) is 0 Å². The molecule has 0 heteroatoms. The van der Waals surface area contributed by atoms with E-state index in [1.165, 1.54) is 57.8 Å². The second kappa shape index (κ2) is 4.11. The van der Waals surface area contributed by atoms with Crippen LogP contribution in [-0.4, -0.2) is 0 Å². The highest BCUT2D eigenvalue weighted by atomic mass is 14.2. The molecule has 0 radical (unpaired) electrons. The molecule has 0 spiro atoms. The fourth-order valence-electron chi connectivity index (χ4n) is 2.67. The zero-order chi connectivity index (χ0) is 8.23.